The van der Waals surface area contributed by atoms with Crippen LogP contribution in [0, 0.1) is 11.3 Å². The summed E-state index contributed by atoms with van der Waals surface area (Å²) >= 11 is 0. The van der Waals surface area contributed by atoms with E-state index in [9.17, 15) is 19.2 Å². The van der Waals surface area contributed by atoms with Gasteiger partial charge < -0.3 is 10.2 Å². The number of hydrogen-bond acceptors (Lipinski definition) is 7. The summed E-state index contributed by atoms with van der Waals surface area (Å²) in [6.07, 6.45) is 6.09. The first-order valence-corrected chi connectivity index (χ1v) is 15.3. The predicted molar refractivity (Wildman–Crippen MR) is 165 cm³/mol. The van der Waals surface area contributed by atoms with Gasteiger partial charge in [-0.1, -0.05) is 51.3 Å². The Bertz CT molecular complexity index is 1520. The summed E-state index contributed by atoms with van der Waals surface area (Å²) in [6.45, 7) is 9.21. The Morgan fingerprint density at radius 2 is 1.70 bits per heavy atom. The summed E-state index contributed by atoms with van der Waals surface area (Å²) in [7, 11) is 0. The number of hydrogen-bond donors (Lipinski definition) is 4. The maximum Gasteiger partial charge on any atom is 0.322 e. The Kier molecular flexibility index (Phi) is 9.07. The summed E-state index contributed by atoms with van der Waals surface area (Å²) < 4.78 is 0. The van der Waals surface area contributed by atoms with Crippen molar-refractivity contribution in [2.24, 2.45) is 11.3 Å². The Morgan fingerprint density at radius 3 is 2.34 bits per heavy atom. The van der Waals surface area contributed by atoms with Crippen LogP contribution < -0.4 is 16.0 Å². The van der Waals surface area contributed by atoms with Crippen LogP contribution in [-0.4, -0.2) is 55.3 Å². The van der Waals surface area contributed by atoms with Crippen molar-refractivity contribution in [2.75, 3.05) is 10.6 Å². The number of nitrogens with one attached hydrogen (secondary N) is 4. The van der Waals surface area contributed by atoms with E-state index < -0.39 is 11.8 Å². The summed E-state index contributed by atoms with van der Waals surface area (Å²) in [6, 6.07) is 10.2. The summed E-state index contributed by atoms with van der Waals surface area (Å²) in [5, 5.41) is 21.3. The van der Waals surface area contributed by atoms with Gasteiger partial charge in [-0.3, -0.25) is 25.0 Å². The molecule has 44 heavy (non-hydrogen) atoms. The lowest BCUT2D eigenvalue weighted by molar-refractivity contribution is 0.0878. The number of amides is 5. The molecule has 2 aliphatic rings. The highest BCUT2D eigenvalue weighted by atomic mass is 16.2. The topological polar surface area (TPSA) is 162 Å². The summed E-state index contributed by atoms with van der Waals surface area (Å²) in [5.74, 6) is -0.541. The van der Waals surface area contributed by atoms with Crippen molar-refractivity contribution in [3.05, 3.63) is 64.2 Å². The van der Waals surface area contributed by atoms with Crippen LogP contribution >= 0.6 is 0 Å². The fourth-order valence-electron chi connectivity index (χ4n) is 6.21. The van der Waals surface area contributed by atoms with E-state index in [0.29, 0.717) is 46.8 Å². The van der Waals surface area contributed by atoms with Gasteiger partial charge in [0, 0.05) is 23.8 Å². The van der Waals surface area contributed by atoms with Gasteiger partial charge in [-0.25, -0.2) is 4.79 Å². The molecule has 0 radical (unpaired) electrons. The van der Waals surface area contributed by atoms with Gasteiger partial charge in [-0.15, -0.1) is 5.10 Å². The predicted octanol–water partition coefficient (Wildman–Crippen LogP) is 5.32. The molecular weight excluding hydrogens is 560 g/mol. The molecule has 5 amide bonds. The lowest BCUT2D eigenvalue weighted by Crippen LogP contribution is -2.45. The molecular formula is C32H40N8O4. The van der Waals surface area contributed by atoms with Gasteiger partial charge in [0.1, 0.15) is 0 Å². The smallest absolute Gasteiger partial charge is 0.317 e. The Hall–Kier alpha value is -4.61. The molecule has 0 bridgehead atoms. The number of unbranched alkanes of at least 4 members (excludes halogenated alkanes) is 1. The number of imide groups is 1. The molecule has 0 saturated heterocycles. The zero-order chi connectivity index (χ0) is 31.4. The standard InChI is InChI=1S/C32H40N8O4/c1-5-6-7-23-25(17-16-24-26(23)29(43)34-28(24)42)33-31(44)40(22-14-12-21(13-15-22)32(2,3)4)18-19-8-10-20(11-9-19)27(41)35-30-36-38-39-37-30/h8-11,16-17,21-22H,5-7,12-15,18H2,1-4H3,(H,33,44)(H,34,42,43)(H2,35,36,37,38,39,41). The monoisotopic (exact) mass is 600 g/mol. The minimum atomic E-state index is -0.423. The molecule has 1 aromatic heterocycles. The number of aromatic amines is 1. The molecule has 0 unspecified atom stereocenters. The second kappa shape index (κ2) is 12.9. The Morgan fingerprint density at radius 1 is 0.977 bits per heavy atom. The minimum absolute atomic E-state index is 0.0215. The fourth-order valence-corrected chi connectivity index (χ4v) is 6.21. The van der Waals surface area contributed by atoms with Crippen LogP contribution in [0.25, 0.3) is 0 Å². The molecule has 1 fully saturated rings. The van der Waals surface area contributed by atoms with Crippen LogP contribution in [0.4, 0.5) is 16.4 Å². The van der Waals surface area contributed by atoms with Crippen LogP contribution in [0.1, 0.15) is 108 Å². The lowest BCUT2D eigenvalue weighted by atomic mass is 9.71. The average Bonchev–Trinajstić information content (AvgIpc) is 3.62. The minimum Gasteiger partial charge on any atom is -0.317 e. The molecule has 4 N–H and O–H groups in total. The first-order valence-electron chi connectivity index (χ1n) is 15.3. The van der Waals surface area contributed by atoms with E-state index in [0.717, 1.165) is 44.1 Å². The van der Waals surface area contributed by atoms with Gasteiger partial charge in [-0.05, 0) is 90.5 Å². The molecule has 12 heteroatoms. The Labute approximate surface area is 256 Å². The highest BCUT2D eigenvalue weighted by Gasteiger charge is 2.35. The maximum atomic E-state index is 14.1. The molecule has 2 heterocycles. The molecule has 0 atom stereocenters. The number of benzene rings is 2. The van der Waals surface area contributed by atoms with Crippen molar-refractivity contribution in [1.82, 2.24) is 30.8 Å². The molecule has 3 aromatic rings. The first kappa shape index (κ1) is 30.8. The van der Waals surface area contributed by atoms with Crippen molar-refractivity contribution in [3.8, 4) is 0 Å². The van der Waals surface area contributed by atoms with E-state index in [2.05, 4.69) is 64.3 Å². The van der Waals surface area contributed by atoms with Crippen molar-refractivity contribution in [1.29, 1.82) is 0 Å². The van der Waals surface area contributed by atoms with E-state index in [1.165, 1.54) is 0 Å². The molecule has 1 aliphatic heterocycles. The number of carbonyl (C=O) groups is 4. The number of carbonyl (C=O) groups excluding carboxylic acids is 4. The molecule has 1 saturated carbocycles. The van der Waals surface area contributed by atoms with Crippen LogP contribution in [-0.2, 0) is 13.0 Å². The van der Waals surface area contributed by atoms with Gasteiger partial charge in [0.15, 0.2) is 0 Å². The highest BCUT2D eigenvalue weighted by molar-refractivity contribution is 6.22. The molecule has 2 aromatic carbocycles. The molecule has 12 nitrogen and oxygen atoms in total. The molecule has 5 rings (SSSR count). The zero-order valence-electron chi connectivity index (χ0n) is 25.7. The van der Waals surface area contributed by atoms with E-state index in [1.54, 1.807) is 24.3 Å². The number of anilines is 2. The van der Waals surface area contributed by atoms with Crippen LogP contribution in [0.3, 0.4) is 0 Å². The molecule has 1 aliphatic carbocycles. The van der Waals surface area contributed by atoms with E-state index in [4.69, 9.17) is 0 Å². The molecule has 0 spiro atoms. The van der Waals surface area contributed by atoms with Crippen LogP contribution in [0.5, 0.6) is 0 Å². The number of aromatic nitrogens is 4. The van der Waals surface area contributed by atoms with Gasteiger partial charge in [0.2, 0.25) is 0 Å². The lowest BCUT2D eigenvalue weighted by Gasteiger charge is -2.41. The first-order chi connectivity index (χ1) is 21.0. The third-order valence-electron chi connectivity index (χ3n) is 8.80. The normalized spacial score (nSPS) is 18.0. The van der Waals surface area contributed by atoms with Gasteiger partial charge >= 0.3 is 6.03 Å². The maximum absolute atomic E-state index is 14.1. The number of fused-ring (bicyclic) bond motifs is 1. The second-order valence-corrected chi connectivity index (χ2v) is 12.7. The summed E-state index contributed by atoms with van der Waals surface area (Å²) in [4.78, 5) is 53.6. The largest absolute Gasteiger partial charge is 0.322 e. The average molecular weight is 601 g/mol. The number of rotatable bonds is 9. The van der Waals surface area contributed by atoms with Crippen molar-refractivity contribution >= 4 is 35.4 Å². The van der Waals surface area contributed by atoms with E-state index in [1.807, 2.05) is 17.0 Å². The highest BCUT2D eigenvalue weighted by Crippen LogP contribution is 2.39. The fraction of sp³-hybridized carbons (Fsp3) is 0.469. The number of tetrazole rings is 1. The third-order valence-corrected chi connectivity index (χ3v) is 8.80. The van der Waals surface area contributed by atoms with Crippen LogP contribution in [0.15, 0.2) is 36.4 Å². The van der Waals surface area contributed by atoms with Gasteiger partial charge in [-0.2, -0.15) is 5.21 Å². The summed E-state index contributed by atoms with van der Waals surface area (Å²) in [5.41, 5.74) is 3.44. The third kappa shape index (κ3) is 6.79. The number of urea groups is 1. The zero-order valence-corrected chi connectivity index (χ0v) is 25.7. The SMILES string of the molecule is CCCCc1c(NC(=O)N(Cc2ccc(C(=O)Nc3nn[nH]n3)cc2)C2CCC(C(C)(C)C)CC2)ccc2c1C(=O)NC2=O. The van der Waals surface area contributed by atoms with E-state index in [-0.39, 0.29) is 29.3 Å². The van der Waals surface area contributed by atoms with Crippen LogP contribution in [0.2, 0.25) is 0 Å². The van der Waals surface area contributed by atoms with E-state index >= 15 is 0 Å². The van der Waals surface area contributed by atoms with Crippen molar-refractivity contribution in [2.45, 2.75) is 85.2 Å². The van der Waals surface area contributed by atoms with Crippen molar-refractivity contribution < 1.29 is 19.2 Å². The number of H-pyrrole nitrogens is 1. The van der Waals surface area contributed by atoms with Gasteiger partial charge in [0.25, 0.3) is 23.7 Å². The van der Waals surface area contributed by atoms with Gasteiger partial charge in [0.05, 0.1) is 11.1 Å². The quantitative estimate of drug-likeness (QED) is 0.242. The van der Waals surface area contributed by atoms with Crippen molar-refractivity contribution in [3.63, 3.8) is 0 Å². The number of nitrogens with zero attached hydrogens (tertiary/aromatic N) is 4. The molecule has 232 valence electrons. The Balaban J connectivity index is 1.38. The second-order valence-electron chi connectivity index (χ2n) is 12.7.